The number of carbonyl (C=O) groups is 1. The standard InChI is InChI=1S/C24H24N4O3/c1-4-31-23(29)18-15(3)25-21-20(19(18)16-8-6-5-7-9-16)22(28-24(30)27-21)26-17-12-10-14(2)11-13-17/h5-13,18-19H,4H2,1-3H3,(H2,26,27,28,30). The Kier molecular flexibility index (Phi) is 5.66. The van der Waals surface area contributed by atoms with E-state index in [1.807, 2.05) is 61.5 Å². The Balaban J connectivity index is 1.91. The molecule has 2 N–H and O–H groups in total. The van der Waals surface area contributed by atoms with E-state index in [2.05, 4.69) is 20.3 Å². The molecular weight excluding hydrogens is 392 g/mol. The number of benzene rings is 2. The Morgan fingerprint density at radius 2 is 1.81 bits per heavy atom. The van der Waals surface area contributed by atoms with Crippen molar-refractivity contribution in [1.82, 2.24) is 9.97 Å². The number of rotatable bonds is 5. The van der Waals surface area contributed by atoms with Gasteiger partial charge in [-0.15, -0.1) is 0 Å². The third-order valence-electron chi connectivity index (χ3n) is 5.35. The number of anilines is 2. The van der Waals surface area contributed by atoms with Crippen LogP contribution in [0.1, 0.15) is 36.5 Å². The SMILES string of the molecule is CCOC(=O)C1C(C)=Nc2[nH]c(=O)nc(Nc3ccc(C)cc3)c2C1c1ccccc1. The number of aryl methyl sites for hydroxylation is 1. The van der Waals surface area contributed by atoms with Gasteiger partial charge in [-0.2, -0.15) is 4.98 Å². The Hall–Kier alpha value is -3.74. The summed E-state index contributed by atoms with van der Waals surface area (Å²) in [6.07, 6.45) is 0. The van der Waals surface area contributed by atoms with Crippen molar-refractivity contribution in [1.29, 1.82) is 0 Å². The van der Waals surface area contributed by atoms with Crippen molar-refractivity contribution in [2.45, 2.75) is 26.7 Å². The number of esters is 1. The average molecular weight is 416 g/mol. The highest BCUT2D eigenvalue weighted by Crippen LogP contribution is 2.44. The lowest BCUT2D eigenvalue weighted by molar-refractivity contribution is -0.146. The quantitative estimate of drug-likeness (QED) is 0.607. The summed E-state index contributed by atoms with van der Waals surface area (Å²) in [5.74, 6) is -0.606. The van der Waals surface area contributed by atoms with Gasteiger partial charge < -0.3 is 10.1 Å². The van der Waals surface area contributed by atoms with Gasteiger partial charge in [-0.25, -0.2) is 9.79 Å². The fourth-order valence-corrected chi connectivity index (χ4v) is 3.93. The van der Waals surface area contributed by atoms with Gasteiger partial charge in [-0.05, 0) is 38.5 Å². The van der Waals surface area contributed by atoms with E-state index in [0.717, 1.165) is 16.8 Å². The van der Waals surface area contributed by atoms with E-state index in [0.29, 0.717) is 22.9 Å². The van der Waals surface area contributed by atoms with Gasteiger partial charge in [0.1, 0.15) is 17.6 Å². The highest BCUT2D eigenvalue weighted by molar-refractivity contribution is 6.05. The number of hydrogen-bond acceptors (Lipinski definition) is 6. The summed E-state index contributed by atoms with van der Waals surface area (Å²) in [5, 5.41) is 3.25. The number of aliphatic imine (C=N–C) groups is 1. The number of aromatic amines is 1. The van der Waals surface area contributed by atoms with Crippen LogP contribution < -0.4 is 11.0 Å². The highest BCUT2D eigenvalue weighted by Gasteiger charge is 2.41. The molecule has 7 heteroatoms. The van der Waals surface area contributed by atoms with Crippen LogP contribution in [0.15, 0.2) is 64.4 Å². The van der Waals surface area contributed by atoms with Crippen LogP contribution in [-0.2, 0) is 9.53 Å². The van der Waals surface area contributed by atoms with Crippen molar-refractivity contribution in [2.75, 3.05) is 11.9 Å². The molecular formula is C24H24N4O3. The minimum Gasteiger partial charge on any atom is -0.465 e. The maximum atomic E-state index is 13.0. The molecule has 0 aliphatic carbocycles. The van der Waals surface area contributed by atoms with Gasteiger partial charge in [0.25, 0.3) is 0 Å². The van der Waals surface area contributed by atoms with Gasteiger partial charge in [0.15, 0.2) is 0 Å². The van der Waals surface area contributed by atoms with Gasteiger partial charge >= 0.3 is 11.7 Å². The number of aromatic nitrogens is 2. The number of nitrogens with zero attached hydrogens (tertiary/aromatic N) is 2. The minimum absolute atomic E-state index is 0.273. The maximum Gasteiger partial charge on any atom is 0.348 e. The third kappa shape index (κ3) is 4.12. The first-order chi connectivity index (χ1) is 15.0. The second-order valence-electron chi connectivity index (χ2n) is 7.52. The molecule has 0 saturated heterocycles. The molecule has 2 heterocycles. The number of nitrogens with one attached hydrogen (secondary N) is 2. The molecule has 4 rings (SSSR count). The smallest absolute Gasteiger partial charge is 0.348 e. The summed E-state index contributed by atoms with van der Waals surface area (Å²) in [4.78, 5) is 36.8. The summed E-state index contributed by atoms with van der Waals surface area (Å²) in [6.45, 7) is 5.84. The van der Waals surface area contributed by atoms with Crippen molar-refractivity contribution in [3.63, 3.8) is 0 Å². The Morgan fingerprint density at radius 3 is 2.48 bits per heavy atom. The van der Waals surface area contributed by atoms with Crippen molar-refractivity contribution in [2.24, 2.45) is 10.9 Å². The summed E-state index contributed by atoms with van der Waals surface area (Å²) in [7, 11) is 0. The molecule has 1 aromatic heterocycles. The van der Waals surface area contributed by atoms with Crippen LogP contribution in [0.5, 0.6) is 0 Å². The molecule has 2 unspecified atom stereocenters. The van der Waals surface area contributed by atoms with Crippen molar-refractivity contribution in [3.05, 3.63) is 81.8 Å². The molecule has 31 heavy (non-hydrogen) atoms. The lowest BCUT2D eigenvalue weighted by Crippen LogP contribution is -2.35. The second kappa shape index (κ2) is 8.55. The molecule has 0 spiro atoms. The fraction of sp³-hybridized carbons (Fsp3) is 0.250. The Bertz CT molecular complexity index is 1180. The molecule has 0 saturated carbocycles. The average Bonchev–Trinajstić information content (AvgIpc) is 2.75. The van der Waals surface area contributed by atoms with Crippen LogP contribution in [0.3, 0.4) is 0 Å². The van der Waals surface area contributed by atoms with E-state index in [9.17, 15) is 9.59 Å². The zero-order valence-electron chi connectivity index (χ0n) is 17.7. The number of fused-ring (bicyclic) bond motifs is 1. The molecule has 2 aromatic carbocycles. The summed E-state index contributed by atoms with van der Waals surface area (Å²) >= 11 is 0. The van der Waals surface area contributed by atoms with E-state index in [4.69, 9.17) is 4.74 Å². The molecule has 7 nitrogen and oxygen atoms in total. The second-order valence-corrected chi connectivity index (χ2v) is 7.52. The van der Waals surface area contributed by atoms with Gasteiger partial charge in [-0.3, -0.25) is 9.78 Å². The lowest BCUT2D eigenvalue weighted by atomic mass is 9.77. The molecule has 0 fully saturated rings. The Morgan fingerprint density at radius 1 is 1.10 bits per heavy atom. The normalized spacial score (nSPS) is 17.5. The topological polar surface area (TPSA) is 96.4 Å². The number of ether oxygens (including phenoxy) is 1. The van der Waals surface area contributed by atoms with Crippen LogP contribution in [0.4, 0.5) is 17.3 Å². The van der Waals surface area contributed by atoms with Crippen LogP contribution in [0.25, 0.3) is 0 Å². The van der Waals surface area contributed by atoms with Crippen LogP contribution >= 0.6 is 0 Å². The van der Waals surface area contributed by atoms with E-state index in [1.54, 1.807) is 13.8 Å². The number of hydrogen-bond donors (Lipinski definition) is 2. The zero-order valence-corrected chi connectivity index (χ0v) is 17.7. The number of carbonyl (C=O) groups excluding carboxylic acids is 1. The largest absolute Gasteiger partial charge is 0.465 e. The summed E-state index contributed by atoms with van der Waals surface area (Å²) < 4.78 is 5.38. The van der Waals surface area contributed by atoms with Crippen molar-refractivity contribution < 1.29 is 9.53 Å². The van der Waals surface area contributed by atoms with E-state index in [-0.39, 0.29) is 12.6 Å². The molecule has 2 atom stereocenters. The van der Waals surface area contributed by atoms with Gasteiger partial charge in [0, 0.05) is 22.9 Å². The van der Waals surface area contributed by atoms with Crippen LogP contribution in [0.2, 0.25) is 0 Å². The predicted octanol–water partition coefficient (Wildman–Crippen LogP) is 4.24. The molecule has 1 aliphatic heterocycles. The molecule has 0 bridgehead atoms. The first-order valence-electron chi connectivity index (χ1n) is 10.2. The zero-order chi connectivity index (χ0) is 22.0. The molecule has 0 radical (unpaired) electrons. The summed E-state index contributed by atoms with van der Waals surface area (Å²) in [5.41, 5.74) is 3.56. The number of H-pyrrole nitrogens is 1. The van der Waals surface area contributed by atoms with E-state index >= 15 is 0 Å². The minimum atomic E-state index is -0.624. The third-order valence-corrected chi connectivity index (χ3v) is 5.35. The first-order valence-corrected chi connectivity index (χ1v) is 10.2. The molecule has 1 aliphatic rings. The monoisotopic (exact) mass is 416 g/mol. The van der Waals surface area contributed by atoms with Crippen LogP contribution in [0, 0.1) is 12.8 Å². The fourth-order valence-electron chi connectivity index (χ4n) is 3.93. The molecule has 158 valence electrons. The van der Waals surface area contributed by atoms with E-state index < -0.39 is 17.5 Å². The van der Waals surface area contributed by atoms with Gasteiger partial charge in [0.05, 0.1) is 6.61 Å². The maximum absolute atomic E-state index is 13.0. The Labute approximate surface area is 180 Å². The van der Waals surface area contributed by atoms with Gasteiger partial charge in [-0.1, -0.05) is 48.0 Å². The van der Waals surface area contributed by atoms with Crippen molar-refractivity contribution >= 4 is 29.0 Å². The summed E-state index contributed by atoms with van der Waals surface area (Å²) in [6, 6.07) is 17.5. The van der Waals surface area contributed by atoms with Crippen LogP contribution in [-0.4, -0.2) is 28.3 Å². The first kappa shape index (κ1) is 20.5. The van der Waals surface area contributed by atoms with Gasteiger partial charge in [0.2, 0.25) is 0 Å². The molecule has 3 aromatic rings. The lowest BCUT2D eigenvalue weighted by Gasteiger charge is -2.31. The highest BCUT2D eigenvalue weighted by atomic mass is 16.5. The molecule has 0 amide bonds. The van der Waals surface area contributed by atoms with E-state index in [1.165, 1.54) is 0 Å². The predicted molar refractivity (Wildman–Crippen MR) is 120 cm³/mol. The van der Waals surface area contributed by atoms with Crippen molar-refractivity contribution in [3.8, 4) is 0 Å².